The minimum Gasteiger partial charge on any atom is -0.508 e. The summed E-state index contributed by atoms with van der Waals surface area (Å²) in [4.78, 5) is 18.8. The number of aromatic hydroxyl groups is 1. The number of phenols is 1. The predicted octanol–water partition coefficient (Wildman–Crippen LogP) is 5.99. The van der Waals surface area contributed by atoms with Crippen LogP contribution < -0.4 is 14.4 Å². The van der Waals surface area contributed by atoms with Crippen molar-refractivity contribution in [3.05, 3.63) is 41.5 Å². The summed E-state index contributed by atoms with van der Waals surface area (Å²) in [5.74, 6) is 0.966. The maximum absolute atomic E-state index is 17.4. The highest BCUT2D eigenvalue weighted by Crippen LogP contribution is 2.53. The Kier molecular flexibility index (Phi) is 9.03. The molecule has 1 unspecified atom stereocenters. The Morgan fingerprint density at radius 1 is 1.02 bits per heavy atom. The Hall–Kier alpha value is -4.35. The molecule has 2 aromatic carbocycles. The summed E-state index contributed by atoms with van der Waals surface area (Å²) in [7, 11) is 1.41. The van der Waals surface area contributed by atoms with E-state index >= 15 is 8.78 Å². The number of β-amino-alcohol motifs (C(OH)–C–C–N with tert-alkyl or cyclic N) is 1. The molecular formula is C42H47F2N5O6. The van der Waals surface area contributed by atoms with Crippen molar-refractivity contribution in [2.75, 3.05) is 64.7 Å². The molecule has 1 spiro atoms. The SMILES string of the molecule is C#Cc1c(F)ccc2cc(O)cc(-c3nc(OC)c4c(N5CCOC[C@@](C)(O)C5)nc(OC[C@]56CCC[C@H]5N(C5CCC7(COC7)C5)CCC6)nc4c3F)c12. The molecule has 2 saturated carbocycles. The second-order valence-corrected chi connectivity index (χ2v) is 16.8. The van der Waals surface area contributed by atoms with Crippen LogP contribution in [0.1, 0.15) is 63.9 Å². The first kappa shape index (κ1) is 36.3. The molecule has 5 fully saturated rings. The van der Waals surface area contributed by atoms with Crippen LogP contribution in [0.5, 0.6) is 17.6 Å². The lowest BCUT2D eigenvalue weighted by Crippen LogP contribution is -2.55. The number of rotatable bonds is 7. The Bertz CT molecular complexity index is 2210. The monoisotopic (exact) mass is 755 g/mol. The summed E-state index contributed by atoms with van der Waals surface area (Å²) < 4.78 is 56.3. The highest BCUT2D eigenvalue weighted by atomic mass is 19.1. The zero-order valence-electron chi connectivity index (χ0n) is 31.4. The minimum atomic E-state index is -1.24. The fourth-order valence-electron chi connectivity index (χ4n) is 10.4. The number of fused-ring (bicyclic) bond motifs is 3. The summed E-state index contributed by atoms with van der Waals surface area (Å²) in [5, 5.41) is 22.7. The van der Waals surface area contributed by atoms with E-state index in [2.05, 4.69) is 15.8 Å². The third-order valence-corrected chi connectivity index (χ3v) is 12.9. The predicted molar refractivity (Wildman–Crippen MR) is 202 cm³/mol. The number of aromatic nitrogens is 3. The number of anilines is 1. The summed E-state index contributed by atoms with van der Waals surface area (Å²) in [5.41, 5.74) is -1.38. The molecule has 5 aliphatic rings. The molecule has 2 N–H and O–H groups in total. The van der Waals surface area contributed by atoms with Gasteiger partial charge in [-0.3, -0.25) is 4.90 Å². The first-order valence-electron chi connectivity index (χ1n) is 19.4. The average molecular weight is 756 g/mol. The van der Waals surface area contributed by atoms with E-state index in [1.807, 2.05) is 4.90 Å². The number of benzene rings is 2. The van der Waals surface area contributed by atoms with Crippen molar-refractivity contribution >= 4 is 27.5 Å². The Balaban J connectivity index is 1.15. The number of hydrogen-bond donors (Lipinski definition) is 2. The number of terminal acetylenes is 1. The van der Waals surface area contributed by atoms with Gasteiger partial charge in [0.2, 0.25) is 5.88 Å². The number of aliphatic hydroxyl groups is 1. The van der Waals surface area contributed by atoms with Gasteiger partial charge in [0.15, 0.2) is 5.82 Å². The van der Waals surface area contributed by atoms with Crippen LogP contribution in [0.2, 0.25) is 0 Å². The lowest BCUT2D eigenvalue weighted by molar-refractivity contribution is -0.114. The van der Waals surface area contributed by atoms with Gasteiger partial charge < -0.3 is 34.1 Å². The molecule has 4 aromatic rings. The molecule has 9 rings (SSSR count). The van der Waals surface area contributed by atoms with Crippen molar-refractivity contribution in [2.45, 2.75) is 76.0 Å². The molecular weight excluding hydrogens is 708 g/mol. The molecule has 0 amide bonds. The maximum atomic E-state index is 17.4. The smallest absolute Gasteiger partial charge is 0.319 e. The van der Waals surface area contributed by atoms with E-state index in [1.54, 1.807) is 6.92 Å². The van der Waals surface area contributed by atoms with Gasteiger partial charge in [-0.25, -0.2) is 13.8 Å². The molecule has 2 aromatic heterocycles. The molecule has 0 radical (unpaired) electrons. The Morgan fingerprint density at radius 3 is 2.62 bits per heavy atom. The second kappa shape index (κ2) is 13.7. The van der Waals surface area contributed by atoms with Crippen LogP contribution in [0.15, 0.2) is 24.3 Å². The lowest BCUT2D eigenvalue weighted by Gasteiger charge is -2.49. The average Bonchev–Trinajstić information content (AvgIpc) is 3.77. The van der Waals surface area contributed by atoms with E-state index in [0.717, 1.165) is 51.9 Å². The number of pyridine rings is 1. The van der Waals surface area contributed by atoms with Crippen molar-refractivity contribution in [1.82, 2.24) is 19.9 Å². The first-order chi connectivity index (χ1) is 26.5. The van der Waals surface area contributed by atoms with Crippen LogP contribution in [0, 0.1) is 34.8 Å². The number of hydrogen-bond acceptors (Lipinski definition) is 11. The van der Waals surface area contributed by atoms with Gasteiger partial charge in [0.05, 0.1) is 52.3 Å². The third-order valence-electron chi connectivity index (χ3n) is 12.9. The third kappa shape index (κ3) is 6.22. The molecule has 2 aliphatic carbocycles. The van der Waals surface area contributed by atoms with E-state index in [4.69, 9.17) is 35.3 Å². The summed E-state index contributed by atoms with van der Waals surface area (Å²) in [6.45, 7) is 5.74. The number of halogens is 2. The molecule has 3 saturated heterocycles. The van der Waals surface area contributed by atoms with Crippen LogP contribution in [0.3, 0.4) is 0 Å². The summed E-state index contributed by atoms with van der Waals surface area (Å²) in [6, 6.07) is 6.32. The Morgan fingerprint density at radius 2 is 1.85 bits per heavy atom. The number of methoxy groups -OCH3 is 1. The minimum absolute atomic E-state index is 0.00326. The van der Waals surface area contributed by atoms with Gasteiger partial charge in [-0.2, -0.15) is 9.97 Å². The molecule has 290 valence electrons. The lowest BCUT2D eigenvalue weighted by atomic mass is 9.74. The van der Waals surface area contributed by atoms with E-state index in [1.165, 1.54) is 50.6 Å². The number of likely N-dealkylation sites (tertiary alicyclic amines) is 1. The molecule has 4 atom stereocenters. The standard InChI is InChI=1S/C42H47F2N5O6/c1-4-28-30(43)9-8-25-17-27(50)18-29(32(25)28)35-34(44)36-33(38(45-35)52-3)37(48-15-16-53-21-40(2,51)20-48)47-39(46-36)55-24-42-11-5-7-31(42)49(14-6-12-42)26-10-13-41(19-26)22-54-23-41/h1,8-9,17-18,26,31,50-51H,5-7,10-16,19-24H2,2-3H3/t26?,31-,40+,42-/m1/s1. The second-order valence-electron chi connectivity index (χ2n) is 16.8. The molecule has 55 heavy (non-hydrogen) atoms. The van der Waals surface area contributed by atoms with E-state index in [0.29, 0.717) is 42.6 Å². The van der Waals surface area contributed by atoms with Crippen molar-refractivity contribution in [3.63, 3.8) is 0 Å². The highest BCUT2D eigenvalue weighted by molar-refractivity contribution is 6.04. The van der Waals surface area contributed by atoms with Gasteiger partial charge in [-0.15, -0.1) is 6.42 Å². The van der Waals surface area contributed by atoms with Crippen LogP contribution in [-0.2, 0) is 9.47 Å². The maximum Gasteiger partial charge on any atom is 0.319 e. The van der Waals surface area contributed by atoms with Gasteiger partial charge in [0, 0.05) is 40.4 Å². The summed E-state index contributed by atoms with van der Waals surface area (Å²) in [6.07, 6.45) is 14.7. The van der Waals surface area contributed by atoms with Gasteiger partial charge in [0.25, 0.3) is 0 Å². The molecule has 11 nitrogen and oxygen atoms in total. The number of ether oxygens (including phenoxy) is 4. The van der Waals surface area contributed by atoms with Gasteiger partial charge >= 0.3 is 6.01 Å². The first-order valence-corrected chi connectivity index (χ1v) is 19.4. The van der Waals surface area contributed by atoms with E-state index < -0.39 is 17.2 Å². The molecule has 13 heteroatoms. The topological polar surface area (TPSA) is 123 Å². The van der Waals surface area contributed by atoms with Crippen LogP contribution in [-0.4, -0.2) is 108 Å². The number of nitrogens with zero attached hydrogens (tertiary/aromatic N) is 5. The largest absolute Gasteiger partial charge is 0.508 e. The van der Waals surface area contributed by atoms with Gasteiger partial charge in [-0.1, -0.05) is 18.4 Å². The summed E-state index contributed by atoms with van der Waals surface area (Å²) >= 11 is 0. The number of phenolic OH excluding ortho intramolecular Hbond substituents is 1. The van der Waals surface area contributed by atoms with Crippen LogP contribution in [0.4, 0.5) is 14.6 Å². The normalized spacial score (nSPS) is 27.9. The van der Waals surface area contributed by atoms with Crippen molar-refractivity contribution in [3.8, 4) is 41.2 Å². The zero-order chi connectivity index (χ0) is 38.1. The van der Waals surface area contributed by atoms with Gasteiger partial charge in [-0.05, 0) is 82.0 Å². The molecule has 0 bridgehead atoms. The van der Waals surface area contributed by atoms with E-state index in [-0.39, 0.29) is 75.1 Å². The highest BCUT2D eigenvalue weighted by Gasteiger charge is 2.53. The Labute approximate surface area is 318 Å². The van der Waals surface area contributed by atoms with E-state index in [9.17, 15) is 10.2 Å². The molecule has 3 aliphatic heterocycles. The zero-order valence-corrected chi connectivity index (χ0v) is 31.4. The quantitative estimate of drug-likeness (QED) is 0.217. The van der Waals surface area contributed by atoms with Crippen LogP contribution in [0.25, 0.3) is 32.9 Å². The fourth-order valence-corrected chi connectivity index (χ4v) is 10.4. The van der Waals surface area contributed by atoms with Crippen molar-refractivity contribution < 1.29 is 37.9 Å². The van der Waals surface area contributed by atoms with Crippen molar-refractivity contribution in [1.29, 1.82) is 0 Å². The van der Waals surface area contributed by atoms with Crippen LogP contribution >= 0.6 is 0 Å². The molecule has 5 heterocycles. The fraction of sp³-hybridized carbons (Fsp3) is 0.548. The van der Waals surface area contributed by atoms with Crippen molar-refractivity contribution in [2.24, 2.45) is 10.8 Å². The van der Waals surface area contributed by atoms with Gasteiger partial charge in [0.1, 0.15) is 39.6 Å². The number of piperidine rings is 1.